The highest BCUT2D eigenvalue weighted by atomic mass is 35.5. The molecule has 38 heavy (non-hydrogen) atoms. The molecule has 0 saturated heterocycles. The zero-order chi connectivity index (χ0) is 26.5. The predicted molar refractivity (Wildman–Crippen MR) is 145 cm³/mol. The molecule has 0 fully saturated rings. The largest absolute Gasteiger partial charge is 0.493 e. The van der Waals surface area contributed by atoms with Gasteiger partial charge in [0.25, 0.3) is 0 Å². The first-order valence-corrected chi connectivity index (χ1v) is 12.8. The zero-order valence-corrected chi connectivity index (χ0v) is 22.2. The normalized spacial score (nSPS) is 10.9. The van der Waals surface area contributed by atoms with Crippen molar-refractivity contribution in [2.45, 2.75) is 23.0 Å². The van der Waals surface area contributed by atoms with E-state index in [0.29, 0.717) is 46.4 Å². The summed E-state index contributed by atoms with van der Waals surface area (Å²) in [6.45, 7) is 1.09. The van der Waals surface area contributed by atoms with Gasteiger partial charge in [-0.05, 0) is 24.3 Å². The molecule has 5 rings (SSSR count). The molecule has 0 atom stereocenters. The number of rotatable bonds is 10. The Bertz CT molecular complexity index is 1610. The molecule has 3 aromatic heterocycles. The van der Waals surface area contributed by atoms with Gasteiger partial charge in [0.05, 0.1) is 54.4 Å². The van der Waals surface area contributed by atoms with E-state index < -0.39 is 0 Å². The van der Waals surface area contributed by atoms with Crippen LogP contribution in [-0.2, 0) is 13.6 Å². The van der Waals surface area contributed by atoms with E-state index in [-0.39, 0.29) is 0 Å². The molecule has 5 aromatic rings. The predicted octanol–water partition coefficient (Wildman–Crippen LogP) is 5.46. The first-order valence-electron chi connectivity index (χ1n) is 11.6. The Hall–Kier alpha value is -4.27. The average Bonchev–Trinajstić information content (AvgIpc) is 3.59. The van der Waals surface area contributed by atoms with E-state index in [4.69, 9.17) is 21.1 Å². The molecular weight excluding hydrogens is 524 g/mol. The summed E-state index contributed by atoms with van der Waals surface area (Å²) in [4.78, 5) is 11.3. The Morgan fingerprint density at radius 2 is 1.95 bits per heavy atom. The Morgan fingerprint density at radius 1 is 1.11 bits per heavy atom. The van der Waals surface area contributed by atoms with Crippen molar-refractivity contribution in [1.82, 2.24) is 29.5 Å². The number of ether oxygens (including phenoxy) is 2. The van der Waals surface area contributed by atoms with Gasteiger partial charge in [-0.25, -0.2) is 4.98 Å². The second-order valence-corrected chi connectivity index (χ2v) is 9.62. The van der Waals surface area contributed by atoms with Crippen LogP contribution in [0, 0.1) is 11.3 Å². The third-order valence-corrected chi connectivity index (χ3v) is 7.26. The number of nitrogens with zero attached hydrogens (tertiary/aromatic N) is 7. The van der Waals surface area contributed by atoms with E-state index in [1.165, 1.54) is 18.0 Å². The van der Waals surface area contributed by atoms with Crippen molar-refractivity contribution < 1.29 is 9.47 Å². The monoisotopic (exact) mass is 546 g/mol. The summed E-state index contributed by atoms with van der Waals surface area (Å²) in [6.07, 6.45) is 9.17. The molecule has 0 unspecified atom stereocenters. The number of nitrogens with one attached hydrogen (secondary N) is 1. The minimum absolute atomic E-state index is 0.391. The van der Waals surface area contributed by atoms with Gasteiger partial charge >= 0.3 is 0 Å². The third kappa shape index (κ3) is 5.51. The number of hydrogen-bond donors (Lipinski definition) is 1. The van der Waals surface area contributed by atoms with Gasteiger partial charge < -0.3 is 19.4 Å². The maximum absolute atomic E-state index is 9.79. The fourth-order valence-corrected chi connectivity index (χ4v) is 4.90. The van der Waals surface area contributed by atoms with E-state index in [9.17, 15) is 5.26 Å². The smallest absolute Gasteiger partial charge is 0.172 e. The number of nitriles is 1. The van der Waals surface area contributed by atoms with Gasteiger partial charge in [-0.2, -0.15) is 20.3 Å². The Labute approximate surface area is 228 Å². The van der Waals surface area contributed by atoms with Gasteiger partial charge in [-0.3, -0.25) is 4.98 Å². The number of pyridine rings is 1. The molecular formula is C26H23ClN8O2S. The SMILES string of the molecule is COc1cc2c(Nc3ccc(Sc4nccn4C)c(Cl)c3)c(C#N)cnc2cc1OCCCn1nccn1. The van der Waals surface area contributed by atoms with Gasteiger partial charge in [0.15, 0.2) is 16.7 Å². The second-order valence-electron chi connectivity index (χ2n) is 8.20. The van der Waals surface area contributed by atoms with Crippen molar-refractivity contribution in [3.05, 3.63) is 71.9 Å². The first-order chi connectivity index (χ1) is 18.6. The summed E-state index contributed by atoms with van der Waals surface area (Å²) < 4.78 is 13.5. The highest BCUT2D eigenvalue weighted by Gasteiger charge is 2.16. The van der Waals surface area contributed by atoms with Gasteiger partial charge in [-0.15, -0.1) is 0 Å². The van der Waals surface area contributed by atoms with Crippen LogP contribution >= 0.6 is 23.4 Å². The van der Waals surface area contributed by atoms with Crippen LogP contribution < -0.4 is 14.8 Å². The van der Waals surface area contributed by atoms with Crippen molar-refractivity contribution in [3.63, 3.8) is 0 Å². The van der Waals surface area contributed by atoms with E-state index in [1.807, 2.05) is 48.1 Å². The Balaban J connectivity index is 1.39. The highest BCUT2D eigenvalue weighted by Crippen LogP contribution is 2.39. The average molecular weight is 547 g/mol. The molecule has 3 heterocycles. The lowest BCUT2D eigenvalue weighted by Gasteiger charge is -2.16. The van der Waals surface area contributed by atoms with Crippen LogP contribution in [0.25, 0.3) is 10.9 Å². The van der Waals surface area contributed by atoms with Gasteiger partial charge in [-0.1, -0.05) is 23.4 Å². The van der Waals surface area contributed by atoms with E-state index in [0.717, 1.165) is 27.5 Å². The lowest BCUT2D eigenvalue weighted by Crippen LogP contribution is -2.07. The molecule has 0 bridgehead atoms. The van der Waals surface area contributed by atoms with Crippen LogP contribution in [0.5, 0.6) is 11.5 Å². The Morgan fingerprint density at radius 3 is 2.66 bits per heavy atom. The minimum atomic E-state index is 0.391. The van der Waals surface area contributed by atoms with Crippen LogP contribution in [0.15, 0.2) is 71.4 Å². The molecule has 10 nitrogen and oxygen atoms in total. The minimum Gasteiger partial charge on any atom is -0.493 e. The summed E-state index contributed by atoms with van der Waals surface area (Å²) in [6, 6.07) is 11.5. The van der Waals surface area contributed by atoms with Crippen LogP contribution in [0.4, 0.5) is 11.4 Å². The number of imidazole rings is 1. The Kier molecular flexibility index (Phi) is 7.62. The molecule has 0 amide bonds. The highest BCUT2D eigenvalue weighted by molar-refractivity contribution is 7.99. The van der Waals surface area contributed by atoms with Crippen molar-refractivity contribution in [1.29, 1.82) is 5.26 Å². The molecule has 0 aliphatic carbocycles. The number of hydrogen-bond acceptors (Lipinski definition) is 9. The van der Waals surface area contributed by atoms with Crippen molar-refractivity contribution in [3.8, 4) is 17.6 Å². The van der Waals surface area contributed by atoms with Crippen LogP contribution in [0.2, 0.25) is 5.02 Å². The van der Waals surface area contributed by atoms with Crippen molar-refractivity contribution in [2.75, 3.05) is 19.0 Å². The fraction of sp³-hybridized carbons (Fsp3) is 0.192. The molecule has 12 heteroatoms. The van der Waals surface area contributed by atoms with Gasteiger partial charge in [0.2, 0.25) is 0 Å². The quantitative estimate of drug-likeness (QED) is 0.228. The zero-order valence-electron chi connectivity index (χ0n) is 20.6. The molecule has 1 N–H and O–H groups in total. The van der Waals surface area contributed by atoms with Gasteiger partial charge in [0.1, 0.15) is 6.07 Å². The van der Waals surface area contributed by atoms with Crippen molar-refractivity contribution >= 4 is 45.6 Å². The van der Waals surface area contributed by atoms with Gasteiger partial charge in [0, 0.05) is 54.1 Å². The maximum atomic E-state index is 9.79. The molecule has 0 radical (unpaired) electrons. The lowest BCUT2D eigenvalue weighted by atomic mass is 10.1. The van der Waals surface area contributed by atoms with Crippen molar-refractivity contribution in [2.24, 2.45) is 7.05 Å². The van der Waals surface area contributed by atoms with Crippen LogP contribution in [0.1, 0.15) is 12.0 Å². The topological polar surface area (TPSA) is 116 Å². The molecule has 2 aromatic carbocycles. The van der Waals surface area contributed by atoms with E-state index >= 15 is 0 Å². The molecule has 0 saturated carbocycles. The number of fused-ring (bicyclic) bond motifs is 1. The molecule has 192 valence electrons. The maximum Gasteiger partial charge on any atom is 0.172 e. The fourth-order valence-electron chi connectivity index (χ4n) is 3.79. The number of methoxy groups -OCH3 is 1. The second kappa shape index (κ2) is 11.4. The van der Waals surface area contributed by atoms with E-state index in [2.05, 4.69) is 31.6 Å². The van der Waals surface area contributed by atoms with E-state index in [1.54, 1.807) is 30.5 Å². The summed E-state index contributed by atoms with van der Waals surface area (Å²) in [5.74, 6) is 1.10. The number of halogens is 1. The summed E-state index contributed by atoms with van der Waals surface area (Å²) in [7, 11) is 3.51. The van der Waals surface area contributed by atoms with Crippen LogP contribution in [0.3, 0.4) is 0 Å². The molecule has 0 aliphatic heterocycles. The molecule has 0 aliphatic rings. The number of benzene rings is 2. The number of aryl methyl sites for hydroxylation is 2. The third-order valence-electron chi connectivity index (χ3n) is 5.68. The van der Waals surface area contributed by atoms with Crippen LogP contribution in [-0.4, -0.2) is 43.2 Å². The number of anilines is 2. The summed E-state index contributed by atoms with van der Waals surface area (Å²) >= 11 is 8.07. The summed E-state index contributed by atoms with van der Waals surface area (Å²) in [5.41, 5.74) is 2.38. The number of aromatic nitrogens is 6. The first kappa shape index (κ1) is 25.4. The summed E-state index contributed by atoms with van der Waals surface area (Å²) in [5, 5.41) is 23.5. The lowest BCUT2D eigenvalue weighted by molar-refractivity contribution is 0.277. The molecule has 0 spiro atoms. The standard InChI is InChI=1S/C26H23ClN8O2S/c1-34-10-8-29-26(34)38-24-5-4-18(12-20(24)27)33-25-17(15-28)16-30-21-14-23(22(36-2)13-19(21)25)37-11-3-9-35-31-6-7-32-35/h4-8,10,12-14,16H,3,9,11H2,1-2H3,(H,30,33).